The number of amides is 2. The predicted octanol–water partition coefficient (Wildman–Crippen LogP) is 3.06. The van der Waals surface area contributed by atoms with Gasteiger partial charge >= 0.3 is 0 Å². The molecule has 6 nitrogen and oxygen atoms in total. The summed E-state index contributed by atoms with van der Waals surface area (Å²) in [7, 11) is 1.75. The number of phenols is 1. The van der Waals surface area contributed by atoms with Crippen molar-refractivity contribution in [2.75, 3.05) is 20.1 Å². The van der Waals surface area contributed by atoms with Crippen LogP contribution in [0.5, 0.6) is 5.75 Å². The van der Waals surface area contributed by atoms with Crippen LogP contribution in [0.15, 0.2) is 41.2 Å². The highest BCUT2D eigenvalue weighted by Gasteiger charge is 2.30. The van der Waals surface area contributed by atoms with Crippen LogP contribution < -0.4 is 0 Å². The number of hydrogen-bond acceptors (Lipinski definition) is 4. The molecule has 26 heavy (non-hydrogen) atoms. The van der Waals surface area contributed by atoms with Crippen molar-refractivity contribution in [2.24, 2.45) is 0 Å². The van der Waals surface area contributed by atoms with Gasteiger partial charge in [0.05, 0.1) is 11.8 Å². The minimum Gasteiger partial charge on any atom is -0.508 e. The van der Waals surface area contributed by atoms with Crippen molar-refractivity contribution in [1.82, 2.24) is 9.80 Å². The van der Waals surface area contributed by atoms with Gasteiger partial charge in [0.15, 0.2) is 0 Å². The number of phenolic OH excluding ortho intramolecular Hbond substituents is 1. The molecule has 0 bridgehead atoms. The number of carbonyl (C=O) groups is 2. The summed E-state index contributed by atoms with van der Waals surface area (Å²) in [4.78, 5) is 28.9. The Morgan fingerprint density at radius 3 is 2.77 bits per heavy atom. The van der Waals surface area contributed by atoms with Crippen molar-refractivity contribution >= 4 is 11.8 Å². The van der Waals surface area contributed by atoms with Gasteiger partial charge in [-0.25, -0.2) is 0 Å². The highest BCUT2D eigenvalue weighted by Crippen LogP contribution is 2.22. The summed E-state index contributed by atoms with van der Waals surface area (Å²) in [6, 6.07) is 6.49. The van der Waals surface area contributed by atoms with Gasteiger partial charge in [-0.15, -0.1) is 0 Å². The van der Waals surface area contributed by atoms with Crippen LogP contribution >= 0.6 is 0 Å². The molecule has 2 heterocycles. The van der Waals surface area contributed by atoms with Crippen LogP contribution in [-0.4, -0.2) is 52.9 Å². The molecule has 0 spiro atoms. The molecule has 0 unspecified atom stereocenters. The van der Waals surface area contributed by atoms with Crippen molar-refractivity contribution < 1.29 is 19.1 Å². The maximum atomic E-state index is 12.7. The molecule has 2 amide bonds. The van der Waals surface area contributed by atoms with Crippen molar-refractivity contribution in [3.05, 3.63) is 53.5 Å². The Labute approximate surface area is 153 Å². The molecule has 3 rings (SSSR count). The molecule has 1 atom stereocenters. The van der Waals surface area contributed by atoms with E-state index in [1.54, 1.807) is 37.1 Å². The molecule has 1 aliphatic rings. The van der Waals surface area contributed by atoms with Gasteiger partial charge in [-0.1, -0.05) is 0 Å². The van der Waals surface area contributed by atoms with Crippen LogP contribution in [-0.2, 0) is 0 Å². The third-order valence-corrected chi connectivity index (χ3v) is 4.93. The number of likely N-dealkylation sites (N-methyl/N-ethyl adjacent to an activating group) is 1. The van der Waals surface area contributed by atoms with E-state index in [-0.39, 0.29) is 23.6 Å². The first-order valence-electron chi connectivity index (χ1n) is 8.85. The standard InChI is InChI=1S/C20H24N2O4/c1-14-11-15(6-7-18(14)23)19(24)21(2)12-17-5-3-4-9-22(17)20(25)16-8-10-26-13-16/h6-8,10-11,13,17,23H,3-5,9,12H2,1-2H3/t17-/m1/s1. The van der Waals surface area contributed by atoms with Crippen molar-refractivity contribution in [1.29, 1.82) is 0 Å². The molecule has 138 valence electrons. The van der Waals surface area contributed by atoms with Crippen LogP contribution in [0.4, 0.5) is 0 Å². The van der Waals surface area contributed by atoms with E-state index in [0.717, 1.165) is 19.3 Å². The second kappa shape index (κ2) is 7.64. The first kappa shape index (κ1) is 18.0. The van der Waals surface area contributed by atoms with Crippen molar-refractivity contribution in [2.45, 2.75) is 32.2 Å². The summed E-state index contributed by atoms with van der Waals surface area (Å²) >= 11 is 0. The Kier molecular flexibility index (Phi) is 5.30. The van der Waals surface area contributed by atoms with Gasteiger partial charge in [0, 0.05) is 31.7 Å². The zero-order chi connectivity index (χ0) is 18.7. The van der Waals surface area contributed by atoms with Crippen LogP contribution in [0.25, 0.3) is 0 Å². The number of furan rings is 1. The third-order valence-electron chi connectivity index (χ3n) is 4.93. The molecule has 2 aromatic rings. The first-order chi connectivity index (χ1) is 12.5. The fourth-order valence-electron chi connectivity index (χ4n) is 3.42. The topological polar surface area (TPSA) is 74.0 Å². The van der Waals surface area contributed by atoms with Gasteiger partial charge in [0.25, 0.3) is 11.8 Å². The Bertz CT molecular complexity index is 785. The molecule has 0 radical (unpaired) electrons. The summed E-state index contributed by atoms with van der Waals surface area (Å²) in [5.74, 6) is 0.00697. The normalized spacial score (nSPS) is 17.2. The summed E-state index contributed by atoms with van der Waals surface area (Å²) in [5, 5.41) is 9.63. The zero-order valence-corrected chi connectivity index (χ0v) is 15.1. The molecule has 1 saturated heterocycles. The van der Waals surface area contributed by atoms with Crippen molar-refractivity contribution in [3.63, 3.8) is 0 Å². The van der Waals surface area contributed by atoms with E-state index < -0.39 is 0 Å². The average molecular weight is 356 g/mol. The molecule has 1 aromatic carbocycles. The molecule has 1 aliphatic heterocycles. The Morgan fingerprint density at radius 1 is 1.27 bits per heavy atom. The Morgan fingerprint density at radius 2 is 2.08 bits per heavy atom. The molecule has 1 aromatic heterocycles. The summed E-state index contributed by atoms with van der Waals surface area (Å²) in [5.41, 5.74) is 1.74. The monoisotopic (exact) mass is 356 g/mol. The smallest absolute Gasteiger partial charge is 0.257 e. The summed E-state index contributed by atoms with van der Waals surface area (Å²) in [6.07, 6.45) is 5.84. The number of benzene rings is 1. The van der Waals surface area contributed by atoms with Gasteiger partial charge in [0.2, 0.25) is 0 Å². The van der Waals surface area contributed by atoms with Gasteiger partial charge in [-0.2, -0.15) is 0 Å². The van der Waals surface area contributed by atoms with E-state index >= 15 is 0 Å². The van der Waals surface area contributed by atoms with E-state index in [9.17, 15) is 14.7 Å². The molecule has 1 fully saturated rings. The number of likely N-dealkylation sites (tertiary alicyclic amines) is 1. The van der Waals surface area contributed by atoms with Crippen LogP contribution in [0.2, 0.25) is 0 Å². The SMILES string of the molecule is Cc1cc(C(=O)N(C)C[C@H]2CCCCN2C(=O)c2ccoc2)ccc1O. The molecule has 6 heteroatoms. The number of piperidine rings is 1. The van der Waals surface area contributed by atoms with Crippen LogP contribution in [0.1, 0.15) is 45.5 Å². The number of hydrogen-bond donors (Lipinski definition) is 1. The van der Waals surface area contributed by atoms with Gasteiger partial charge in [-0.3, -0.25) is 9.59 Å². The quantitative estimate of drug-likeness (QED) is 0.914. The molecular weight excluding hydrogens is 332 g/mol. The number of aromatic hydroxyl groups is 1. The van der Waals surface area contributed by atoms with Gasteiger partial charge < -0.3 is 19.3 Å². The van der Waals surface area contributed by atoms with Crippen LogP contribution in [0, 0.1) is 6.92 Å². The number of rotatable bonds is 4. The highest BCUT2D eigenvalue weighted by molar-refractivity contribution is 5.95. The third kappa shape index (κ3) is 3.74. The average Bonchev–Trinajstić information content (AvgIpc) is 3.18. The van der Waals surface area contributed by atoms with Gasteiger partial charge in [0.1, 0.15) is 12.0 Å². The van der Waals surface area contributed by atoms with E-state index in [4.69, 9.17) is 4.42 Å². The molecule has 0 aliphatic carbocycles. The molecular formula is C20H24N2O4. The predicted molar refractivity (Wildman–Crippen MR) is 97.2 cm³/mol. The Hall–Kier alpha value is -2.76. The van der Waals surface area contributed by atoms with Crippen molar-refractivity contribution in [3.8, 4) is 5.75 Å². The lowest BCUT2D eigenvalue weighted by Gasteiger charge is -2.37. The van der Waals surface area contributed by atoms with Gasteiger partial charge in [-0.05, 0) is 56.0 Å². The fraction of sp³-hybridized carbons (Fsp3) is 0.400. The zero-order valence-electron chi connectivity index (χ0n) is 15.1. The number of carbonyl (C=O) groups excluding carboxylic acids is 2. The largest absolute Gasteiger partial charge is 0.508 e. The minimum absolute atomic E-state index is 0.0155. The lowest BCUT2D eigenvalue weighted by atomic mass is 10.0. The van der Waals surface area contributed by atoms with E-state index in [1.807, 2.05) is 4.90 Å². The Balaban J connectivity index is 1.71. The second-order valence-corrected chi connectivity index (χ2v) is 6.85. The second-order valence-electron chi connectivity index (χ2n) is 6.85. The number of nitrogens with zero attached hydrogens (tertiary/aromatic N) is 2. The van der Waals surface area contributed by atoms with E-state index in [2.05, 4.69) is 0 Å². The van der Waals surface area contributed by atoms with Crippen LogP contribution in [0.3, 0.4) is 0 Å². The maximum absolute atomic E-state index is 12.7. The number of aryl methyl sites for hydroxylation is 1. The van der Waals surface area contributed by atoms with E-state index in [0.29, 0.717) is 29.8 Å². The lowest BCUT2D eigenvalue weighted by Crippen LogP contribution is -2.49. The maximum Gasteiger partial charge on any atom is 0.257 e. The molecule has 0 saturated carbocycles. The highest BCUT2D eigenvalue weighted by atomic mass is 16.3. The minimum atomic E-state index is -0.116. The molecule has 1 N–H and O–H groups in total. The lowest BCUT2D eigenvalue weighted by molar-refractivity contribution is 0.0518. The first-order valence-corrected chi connectivity index (χ1v) is 8.85. The summed E-state index contributed by atoms with van der Waals surface area (Å²) < 4.78 is 5.03. The summed E-state index contributed by atoms with van der Waals surface area (Å²) in [6.45, 7) is 2.93. The fourth-order valence-corrected chi connectivity index (χ4v) is 3.42. The van der Waals surface area contributed by atoms with E-state index in [1.165, 1.54) is 18.6 Å².